The number of ether oxygens (including phenoxy) is 1. The fourth-order valence-electron chi connectivity index (χ4n) is 5.66. The number of aliphatic hydroxyl groups is 1. The maximum atomic E-state index is 14.0. The fraction of sp³-hybridized carbons (Fsp3) is 0.522. The summed E-state index contributed by atoms with van der Waals surface area (Å²) in [5.41, 5.74) is 1.41. The highest BCUT2D eigenvalue weighted by Crippen LogP contribution is 2.58. The number of hydrogen-bond acceptors (Lipinski definition) is 5. The first kappa shape index (κ1) is 21.5. The van der Waals surface area contributed by atoms with Crippen LogP contribution in [0.3, 0.4) is 0 Å². The summed E-state index contributed by atoms with van der Waals surface area (Å²) >= 11 is 0. The summed E-state index contributed by atoms with van der Waals surface area (Å²) in [6.07, 6.45) is 1.97. The summed E-state index contributed by atoms with van der Waals surface area (Å²) in [6.45, 7) is 7.47. The molecule has 2 unspecified atom stereocenters. The predicted molar refractivity (Wildman–Crippen MR) is 113 cm³/mol. The van der Waals surface area contributed by atoms with Gasteiger partial charge in [0.25, 0.3) is 5.91 Å². The molecular formula is C23H28N2O6. The van der Waals surface area contributed by atoms with Gasteiger partial charge in [-0.1, -0.05) is 18.2 Å². The number of aryl methyl sites for hydroxylation is 2. The molecule has 1 aromatic rings. The number of aliphatic carboxylic acids is 1. The molecule has 0 aliphatic carbocycles. The van der Waals surface area contributed by atoms with E-state index >= 15 is 0 Å². The van der Waals surface area contributed by atoms with Crippen molar-refractivity contribution in [3.63, 3.8) is 0 Å². The molecule has 0 saturated carbocycles. The molecule has 4 rings (SSSR count). The third kappa shape index (κ3) is 3.08. The van der Waals surface area contributed by atoms with Crippen molar-refractivity contribution in [2.75, 3.05) is 24.6 Å². The second-order valence-electron chi connectivity index (χ2n) is 8.68. The lowest BCUT2D eigenvalue weighted by Gasteiger charge is -2.37. The van der Waals surface area contributed by atoms with Gasteiger partial charge in [-0.15, -0.1) is 6.58 Å². The largest absolute Gasteiger partial charge is 0.481 e. The third-order valence-corrected chi connectivity index (χ3v) is 6.89. The van der Waals surface area contributed by atoms with Gasteiger partial charge in [-0.2, -0.15) is 0 Å². The van der Waals surface area contributed by atoms with Crippen LogP contribution in [0, 0.1) is 25.7 Å². The molecule has 31 heavy (non-hydrogen) atoms. The van der Waals surface area contributed by atoms with Crippen LogP contribution in [-0.2, 0) is 19.1 Å². The van der Waals surface area contributed by atoms with E-state index in [1.807, 2.05) is 32.0 Å². The highest BCUT2D eigenvalue weighted by atomic mass is 16.5. The van der Waals surface area contributed by atoms with Crippen molar-refractivity contribution >= 4 is 23.5 Å². The number of nitrogens with zero attached hydrogens (tertiary/aromatic N) is 2. The van der Waals surface area contributed by atoms with Crippen molar-refractivity contribution in [3.8, 4) is 0 Å². The standard InChI is InChI=1S/C23H28N2O6/c1-4-9-24(15-12-13(2)5-6-14(15)3)21(28)19-23-8-7-16(31-23)17(22(29)30)18(23)20(27)25(19)10-11-26/h4-6,12,16-19,26H,1,7-11H2,2-3H3,(H,29,30)/t16-,17+,18+,19?,23?/m1/s1. The lowest BCUT2D eigenvalue weighted by atomic mass is 9.70. The van der Waals surface area contributed by atoms with E-state index in [2.05, 4.69) is 6.58 Å². The number of carboxylic acid groups (broad SMARTS) is 1. The minimum atomic E-state index is -1.19. The fourth-order valence-corrected chi connectivity index (χ4v) is 5.66. The highest BCUT2D eigenvalue weighted by Gasteiger charge is 2.74. The van der Waals surface area contributed by atoms with E-state index in [0.29, 0.717) is 18.5 Å². The maximum absolute atomic E-state index is 14.0. The van der Waals surface area contributed by atoms with Crippen molar-refractivity contribution in [2.45, 2.75) is 44.4 Å². The van der Waals surface area contributed by atoms with Crippen LogP contribution in [0.1, 0.15) is 24.0 Å². The van der Waals surface area contributed by atoms with Crippen LogP contribution < -0.4 is 4.90 Å². The Labute approximate surface area is 181 Å². The SMILES string of the molecule is C=CCN(C(=O)C1N(CCO)C(=O)[C@@H]2[C@@H](C(=O)O)[C@H]3CCC12O3)c1cc(C)ccc1C. The first-order valence-corrected chi connectivity index (χ1v) is 10.6. The second kappa shape index (κ2) is 7.76. The van der Waals surface area contributed by atoms with E-state index < -0.39 is 41.5 Å². The molecule has 1 aromatic carbocycles. The molecule has 0 aromatic heterocycles. The number of hydrogen-bond donors (Lipinski definition) is 2. The number of likely N-dealkylation sites (tertiary alicyclic amines) is 1. The van der Waals surface area contributed by atoms with Gasteiger partial charge in [-0.25, -0.2) is 0 Å². The summed E-state index contributed by atoms with van der Waals surface area (Å²) in [5, 5.41) is 19.4. The monoisotopic (exact) mass is 428 g/mol. The summed E-state index contributed by atoms with van der Waals surface area (Å²) < 4.78 is 6.16. The zero-order valence-electron chi connectivity index (χ0n) is 17.8. The summed E-state index contributed by atoms with van der Waals surface area (Å²) in [4.78, 5) is 42.2. The molecule has 8 nitrogen and oxygen atoms in total. The van der Waals surface area contributed by atoms with Gasteiger partial charge in [0.15, 0.2) is 0 Å². The smallest absolute Gasteiger partial charge is 0.310 e. The van der Waals surface area contributed by atoms with E-state index in [1.54, 1.807) is 11.0 Å². The van der Waals surface area contributed by atoms with Crippen LogP contribution >= 0.6 is 0 Å². The first-order chi connectivity index (χ1) is 14.8. The zero-order valence-corrected chi connectivity index (χ0v) is 17.8. The number of carboxylic acids is 1. The Bertz CT molecular complexity index is 946. The maximum Gasteiger partial charge on any atom is 0.310 e. The summed E-state index contributed by atoms with van der Waals surface area (Å²) in [5.74, 6) is -3.76. The molecule has 2 bridgehead atoms. The van der Waals surface area contributed by atoms with Crippen molar-refractivity contribution in [1.29, 1.82) is 0 Å². The molecule has 0 radical (unpaired) electrons. The molecule has 3 aliphatic heterocycles. The number of carbonyl (C=O) groups excluding carboxylic acids is 2. The van der Waals surface area contributed by atoms with Crippen LogP contribution in [0.5, 0.6) is 0 Å². The number of carbonyl (C=O) groups is 3. The Balaban J connectivity index is 1.80. The molecule has 2 N–H and O–H groups in total. The Morgan fingerprint density at radius 2 is 2.13 bits per heavy atom. The van der Waals surface area contributed by atoms with Crippen molar-refractivity contribution in [1.82, 2.24) is 4.90 Å². The molecule has 3 fully saturated rings. The van der Waals surface area contributed by atoms with E-state index in [9.17, 15) is 24.6 Å². The molecule has 166 valence electrons. The van der Waals surface area contributed by atoms with E-state index in [4.69, 9.17) is 4.74 Å². The molecule has 3 heterocycles. The van der Waals surface area contributed by atoms with Crippen LogP contribution in [0.4, 0.5) is 5.69 Å². The molecule has 3 aliphatic rings. The number of amides is 2. The van der Waals surface area contributed by atoms with Gasteiger partial charge in [0.05, 0.1) is 24.5 Å². The van der Waals surface area contributed by atoms with Gasteiger partial charge in [0.1, 0.15) is 11.6 Å². The number of fused-ring (bicyclic) bond motifs is 1. The number of benzene rings is 1. The number of β-amino-alcohol motifs (C(OH)–C–C–N with tert-alkyl or cyclic N) is 1. The normalized spacial score (nSPS) is 31.1. The van der Waals surface area contributed by atoms with Gasteiger partial charge < -0.3 is 24.7 Å². The number of aliphatic hydroxyl groups excluding tert-OH is 1. The van der Waals surface area contributed by atoms with E-state index in [0.717, 1.165) is 11.1 Å². The minimum absolute atomic E-state index is 0.0530. The summed E-state index contributed by atoms with van der Waals surface area (Å²) in [7, 11) is 0. The van der Waals surface area contributed by atoms with Crippen LogP contribution in [0.15, 0.2) is 30.9 Å². The lowest BCUT2D eigenvalue weighted by molar-refractivity contribution is -0.149. The first-order valence-electron chi connectivity index (χ1n) is 10.6. The highest BCUT2D eigenvalue weighted by molar-refractivity contribution is 6.05. The third-order valence-electron chi connectivity index (χ3n) is 6.89. The molecule has 1 spiro atoms. The van der Waals surface area contributed by atoms with Gasteiger partial charge >= 0.3 is 5.97 Å². The molecular weight excluding hydrogens is 400 g/mol. The number of rotatable bonds is 7. The lowest BCUT2D eigenvalue weighted by Crippen LogP contribution is -2.57. The van der Waals surface area contributed by atoms with Crippen LogP contribution in [-0.4, -0.2) is 70.3 Å². The predicted octanol–water partition coefficient (Wildman–Crippen LogP) is 1.27. The van der Waals surface area contributed by atoms with Crippen molar-refractivity contribution in [2.24, 2.45) is 11.8 Å². The van der Waals surface area contributed by atoms with Gasteiger partial charge in [0, 0.05) is 18.8 Å². The van der Waals surface area contributed by atoms with Crippen molar-refractivity contribution < 1.29 is 29.3 Å². The Morgan fingerprint density at radius 3 is 2.77 bits per heavy atom. The number of anilines is 1. The Kier molecular flexibility index (Phi) is 5.39. The quantitative estimate of drug-likeness (QED) is 0.634. The van der Waals surface area contributed by atoms with Gasteiger partial charge in [-0.05, 0) is 43.9 Å². The van der Waals surface area contributed by atoms with Crippen LogP contribution in [0.2, 0.25) is 0 Å². The molecule has 2 amide bonds. The topological polar surface area (TPSA) is 107 Å². The Morgan fingerprint density at radius 1 is 1.39 bits per heavy atom. The zero-order chi connectivity index (χ0) is 22.5. The van der Waals surface area contributed by atoms with Crippen LogP contribution in [0.25, 0.3) is 0 Å². The van der Waals surface area contributed by atoms with Crippen molar-refractivity contribution in [3.05, 3.63) is 42.0 Å². The van der Waals surface area contributed by atoms with E-state index in [-0.39, 0.29) is 25.6 Å². The van der Waals surface area contributed by atoms with E-state index in [1.165, 1.54) is 4.90 Å². The Hall–Kier alpha value is -2.71. The van der Waals surface area contributed by atoms with Gasteiger partial charge in [0.2, 0.25) is 5.91 Å². The average Bonchev–Trinajstić information content (AvgIpc) is 3.36. The molecule has 3 saturated heterocycles. The second-order valence-corrected chi connectivity index (χ2v) is 8.68. The average molecular weight is 428 g/mol. The molecule has 8 heteroatoms. The summed E-state index contributed by atoms with van der Waals surface area (Å²) in [6, 6.07) is 4.80. The molecule has 5 atom stereocenters. The van der Waals surface area contributed by atoms with Gasteiger partial charge in [-0.3, -0.25) is 14.4 Å². The minimum Gasteiger partial charge on any atom is -0.481 e.